The van der Waals surface area contributed by atoms with Crippen LogP contribution in [0.25, 0.3) is 5.52 Å². The third-order valence-electron chi connectivity index (χ3n) is 21.3. The molecule has 8 aliphatic rings. The van der Waals surface area contributed by atoms with Crippen LogP contribution in [0.4, 0.5) is 9.59 Å². The molecular formula is C109H216N16O10. The molecule has 0 bridgehead atoms. The van der Waals surface area contributed by atoms with Gasteiger partial charge in [0.05, 0.1) is 35.3 Å². The molecule has 1 atom stereocenters. The summed E-state index contributed by atoms with van der Waals surface area (Å²) in [6, 6.07) is 13.9. The number of allylic oxidation sites excluding steroid dienone is 2. The Bertz CT molecular complexity index is 4200. The summed E-state index contributed by atoms with van der Waals surface area (Å²) in [5, 5.41) is 13.5. The molecule has 26 nitrogen and oxygen atoms in total. The molecule has 8 aliphatic heterocycles. The summed E-state index contributed by atoms with van der Waals surface area (Å²) >= 11 is 0. The van der Waals surface area contributed by atoms with Gasteiger partial charge >= 0.3 is 12.1 Å². The van der Waals surface area contributed by atoms with Gasteiger partial charge in [-0.3, -0.25) is 67.4 Å². The van der Waals surface area contributed by atoms with Crippen molar-refractivity contribution in [2.24, 2.45) is 43.0 Å². The summed E-state index contributed by atoms with van der Waals surface area (Å²) in [6.45, 7) is 98.5. The second kappa shape index (κ2) is 63.0. The highest BCUT2D eigenvalue weighted by Crippen LogP contribution is 2.36. The highest BCUT2D eigenvalue weighted by Gasteiger charge is 2.40. The molecule has 11 heterocycles. The minimum atomic E-state index is -0.187. The predicted molar refractivity (Wildman–Crippen MR) is 584 cm³/mol. The van der Waals surface area contributed by atoms with Gasteiger partial charge in [-0.2, -0.15) is 5.10 Å². The van der Waals surface area contributed by atoms with E-state index in [1.165, 1.54) is 10.7 Å². The van der Waals surface area contributed by atoms with Gasteiger partial charge in [0.15, 0.2) is 0 Å². The van der Waals surface area contributed by atoms with E-state index in [2.05, 4.69) is 180 Å². The van der Waals surface area contributed by atoms with E-state index in [4.69, 9.17) is 4.74 Å². The highest BCUT2D eigenvalue weighted by molar-refractivity contribution is 5.98. The molecule has 4 aromatic rings. The fraction of sp³-hybridized carbons (Fsp3) is 0.743. The maximum Gasteiger partial charge on any atom is 0.410 e. The van der Waals surface area contributed by atoms with Crippen LogP contribution < -0.4 is 11.1 Å². The lowest BCUT2D eigenvalue weighted by atomic mass is 9.80. The van der Waals surface area contributed by atoms with E-state index in [1.54, 1.807) is 39.5 Å². The lowest BCUT2D eigenvalue weighted by Crippen LogP contribution is -2.49. The average Bonchev–Trinajstić information content (AvgIpc) is 1.62. The standard InChI is InChI=1S/C12H16N2O.C12H15NO.C10H18N2O.C10H18N2.C9H17NO.2C8H16N2O.C8H15NO.C7H12N2O.C7H13NO2.6C2H6.6CH4/c1-12(2,3)10-9-7-5-6-8-14(9)13(4)11(10)15;1-12(2,3)13-8-9-6-4-5-7-10(9)11(13)14;1-7-8(10(2,3)4)9(13)12(6)11(7)5;1-8-7-9(10(2,3)4)12(6)11(8)5;1-9(2,3)7-5-6-10(4)8(7)11;1-8(2,3)10-6-5-9(4)7(10)11;1-8(2,3)10-7(11)5-6-9(10)4;1-8(2,3)9-6-4-5-7(9)10;1-7(2,3)9-6(10)4-5-8-9;1-7(2,3)8-4-5-10-6(8)9;6*1-2;;;;;;/h5-8H,1-4H3;4-7H,8H2,1-3H3;1-6H3;7H,1H2,2-6H3;7H,5-6H2,1-4H3;2*5-6H2,1-4H3;4-6H2,1-3H3;5H,4H2,1-3H3;4-5H2,1-3H3;6*1-2H3;6*1H4. The molecule has 792 valence electrons. The zero-order valence-corrected chi connectivity index (χ0v) is 92.0. The number of cyclic esters (lactones) is 1. The summed E-state index contributed by atoms with van der Waals surface area (Å²) in [5.41, 5.74) is 8.19. The number of hydrogen-bond donors (Lipinski definition) is 0. The number of pyridine rings is 1. The van der Waals surface area contributed by atoms with Crippen LogP contribution in [0.5, 0.6) is 0 Å². The number of likely N-dealkylation sites (tertiary alicyclic amines) is 2. The maximum absolute atomic E-state index is 12.1. The molecule has 3 aromatic heterocycles. The monoisotopic (exact) mass is 1910 g/mol. The number of rotatable bonds is 0. The van der Waals surface area contributed by atoms with Gasteiger partial charge in [0.25, 0.3) is 17.0 Å². The van der Waals surface area contributed by atoms with Crippen LogP contribution in [-0.2, 0) is 62.4 Å². The third-order valence-corrected chi connectivity index (χ3v) is 21.3. The van der Waals surface area contributed by atoms with E-state index >= 15 is 0 Å². The summed E-state index contributed by atoms with van der Waals surface area (Å²) in [6.07, 6.45) is 9.43. The van der Waals surface area contributed by atoms with Crippen molar-refractivity contribution in [2.45, 2.75) is 425 Å². The van der Waals surface area contributed by atoms with Crippen molar-refractivity contribution in [2.75, 3.05) is 81.1 Å². The number of aryl methyl sites for hydroxylation is 1. The SMILES string of the molecule is C.C.C.C.C.C.C=C1C=C(C(C)(C)C)N(C)N1C.CC.CC.CC.CC.CC.CC.CC(C)(C)N1CCCC1=O.CC(C)(C)N1CCOC1=O.CC(C)(C)N1Cc2ccccc2C1=O.CC(C)(C)N1N=CCC1=O.CN1CCC(=O)N1C(C)(C)C.CN1CCC(C(C)(C)C)C1=O.CN1CCN(C(C)(C)C)C1=O.Cc1c(C(C)(C)C)c(=O)n(C)n1C.Cn1c(=O)c(C(C)(C)C)c2ccccn21. The zero-order valence-electron chi connectivity index (χ0n) is 92.0. The molecule has 1 unspecified atom stereocenters. The second-order valence-corrected chi connectivity index (χ2v) is 41.6. The summed E-state index contributed by atoms with van der Waals surface area (Å²) < 4.78 is 11.9. The van der Waals surface area contributed by atoms with Gasteiger partial charge < -0.3 is 29.2 Å². The Kier molecular flexibility index (Phi) is 68.4. The van der Waals surface area contributed by atoms with Gasteiger partial charge in [-0.15, -0.1) is 0 Å². The van der Waals surface area contributed by atoms with Gasteiger partial charge in [0, 0.05) is 182 Å². The Balaban J connectivity index is -0.000000158. The largest absolute Gasteiger partial charge is 0.448 e. The number of ether oxygens (including phenoxy) is 1. The molecule has 5 fully saturated rings. The van der Waals surface area contributed by atoms with Crippen LogP contribution >= 0.6 is 0 Å². The van der Waals surface area contributed by atoms with E-state index < -0.39 is 0 Å². The zero-order chi connectivity index (χ0) is 103. The van der Waals surface area contributed by atoms with Crippen LogP contribution in [-0.4, -0.2) is 235 Å². The molecule has 12 rings (SSSR count). The van der Waals surface area contributed by atoms with Crippen molar-refractivity contribution >= 4 is 53.4 Å². The number of hydrogen-bond acceptors (Lipinski definition) is 14. The summed E-state index contributed by atoms with van der Waals surface area (Å²) in [5.74, 6) is 1.36. The van der Waals surface area contributed by atoms with E-state index in [0.717, 1.165) is 104 Å². The van der Waals surface area contributed by atoms with Crippen LogP contribution in [0.3, 0.4) is 0 Å². The number of benzene rings is 1. The summed E-state index contributed by atoms with van der Waals surface area (Å²) in [7, 11) is 15.3. The van der Waals surface area contributed by atoms with Crippen LogP contribution in [0.1, 0.15) is 400 Å². The van der Waals surface area contributed by atoms with Crippen LogP contribution in [0, 0.1) is 23.7 Å². The molecule has 0 spiro atoms. The van der Waals surface area contributed by atoms with Crippen molar-refractivity contribution in [1.82, 2.24) is 73.0 Å². The summed E-state index contributed by atoms with van der Waals surface area (Å²) in [4.78, 5) is 114. The van der Waals surface area contributed by atoms with Gasteiger partial charge in [0.2, 0.25) is 23.6 Å². The molecule has 26 heteroatoms. The Morgan fingerprint density at radius 1 is 0.422 bits per heavy atom. The van der Waals surface area contributed by atoms with E-state index in [0.29, 0.717) is 31.3 Å². The number of nitrogens with zero attached hydrogens (tertiary/aromatic N) is 16. The molecule has 0 saturated carbocycles. The van der Waals surface area contributed by atoms with Crippen molar-refractivity contribution in [3.63, 3.8) is 0 Å². The van der Waals surface area contributed by atoms with Gasteiger partial charge in [-0.1, -0.05) is 242 Å². The molecule has 5 saturated heterocycles. The first kappa shape index (κ1) is 147. The second-order valence-electron chi connectivity index (χ2n) is 41.6. The fourth-order valence-corrected chi connectivity index (χ4v) is 14.6. The lowest BCUT2D eigenvalue weighted by molar-refractivity contribution is -0.145. The average molecular weight is 1910 g/mol. The number of amides is 8. The molecule has 0 N–H and O–H groups in total. The van der Waals surface area contributed by atoms with Crippen molar-refractivity contribution in [3.05, 3.63) is 121 Å². The molecule has 1 aromatic carbocycles. The topological polar surface area (TPSA) is 230 Å². The lowest BCUT2D eigenvalue weighted by Gasteiger charge is -2.36. The van der Waals surface area contributed by atoms with E-state index in [1.807, 2.05) is 275 Å². The van der Waals surface area contributed by atoms with Gasteiger partial charge in [-0.25, -0.2) is 24.3 Å². The van der Waals surface area contributed by atoms with Gasteiger partial charge in [-0.05, 0) is 190 Å². The van der Waals surface area contributed by atoms with Crippen molar-refractivity contribution in [3.8, 4) is 0 Å². The van der Waals surface area contributed by atoms with Crippen LogP contribution in [0.2, 0.25) is 0 Å². The number of urea groups is 1. The molecule has 8 amide bonds. The first-order valence-corrected chi connectivity index (χ1v) is 47.5. The minimum Gasteiger partial charge on any atom is -0.448 e. The number of aromatic nitrogens is 4. The first-order valence-electron chi connectivity index (χ1n) is 47.5. The van der Waals surface area contributed by atoms with Crippen molar-refractivity contribution < 1.29 is 38.3 Å². The smallest absolute Gasteiger partial charge is 0.410 e. The van der Waals surface area contributed by atoms with E-state index in [-0.39, 0.29) is 146 Å². The van der Waals surface area contributed by atoms with E-state index in [9.17, 15) is 43.2 Å². The third kappa shape index (κ3) is 44.8. The number of fused-ring (bicyclic) bond motifs is 2. The number of carbonyl (C=O) groups excluding carboxylic acids is 7. The predicted octanol–water partition coefficient (Wildman–Crippen LogP) is 25.1. The number of hydrazine groups is 2. The van der Waals surface area contributed by atoms with Crippen molar-refractivity contribution in [1.29, 1.82) is 0 Å². The Morgan fingerprint density at radius 3 is 1.12 bits per heavy atom. The maximum atomic E-state index is 12.1. The molecule has 0 radical (unpaired) electrons. The molecule has 0 aliphatic carbocycles. The van der Waals surface area contributed by atoms with Crippen LogP contribution in [0.15, 0.2) is 87.4 Å². The number of hydrazone groups is 1. The molecule has 135 heavy (non-hydrogen) atoms. The Hall–Kier alpha value is -8.68. The first-order chi connectivity index (χ1) is 58.9. The number of likely N-dealkylation sites (N-methyl/N-ethyl adjacent to an activating group) is 2. The Morgan fingerprint density at radius 2 is 0.874 bits per heavy atom. The fourth-order valence-electron chi connectivity index (χ4n) is 14.6. The highest BCUT2D eigenvalue weighted by atomic mass is 16.6. The van der Waals surface area contributed by atoms with Gasteiger partial charge in [0.1, 0.15) is 6.61 Å². The molecular weight excluding hydrogens is 1690 g/mol. The quantitative estimate of drug-likeness (QED) is 0.160. The normalized spacial score (nSPS) is 16.0. The number of carbonyl (C=O) groups is 7. The Labute approximate surface area is 830 Å². The minimum absolute atomic E-state index is 0.